The fraction of sp³-hybridized carbons (Fsp3) is 0.167. The molecule has 1 amide bonds. The lowest BCUT2D eigenvalue weighted by Gasteiger charge is -2.10. The maximum absolute atomic E-state index is 11.5. The fourth-order valence-corrected chi connectivity index (χ4v) is 1.62. The van der Waals surface area contributed by atoms with Crippen LogP contribution in [0.2, 0.25) is 0 Å². The molecule has 1 aliphatic carbocycles. The zero-order valence-corrected chi connectivity index (χ0v) is 9.44. The van der Waals surface area contributed by atoms with Crippen LogP contribution in [0, 0.1) is 0 Å². The van der Waals surface area contributed by atoms with Gasteiger partial charge in [0.05, 0.1) is 7.11 Å². The van der Waals surface area contributed by atoms with E-state index >= 15 is 0 Å². The Balaban J connectivity index is 2.51. The van der Waals surface area contributed by atoms with Crippen molar-refractivity contribution in [3.05, 3.63) is 30.0 Å². The van der Waals surface area contributed by atoms with Gasteiger partial charge in [0, 0.05) is 18.1 Å². The van der Waals surface area contributed by atoms with Crippen molar-refractivity contribution in [1.29, 1.82) is 0 Å². The Morgan fingerprint density at radius 1 is 1.29 bits per heavy atom. The van der Waals surface area contributed by atoms with E-state index in [2.05, 4.69) is 10.1 Å². The second kappa shape index (κ2) is 4.29. The van der Waals surface area contributed by atoms with Crippen molar-refractivity contribution in [2.75, 3.05) is 12.4 Å². The van der Waals surface area contributed by atoms with Crippen LogP contribution in [0.5, 0.6) is 0 Å². The van der Waals surface area contributed by atoms with Crippen LogP contribution in [0.15, 0.2) is 28.9 Å². The molecule has 0 radical (unpaired) electrons. The molecule has 88 valence electrons. The summed E-state index contributed by atoms with van der Waals surface area (Å²) in [6, 6.07) is 5.30. The third-order valence-electron chi connectivity index (χ3n) is 2.34. The van der Waals surface area contributed by atoms with Gasteiger partial charge in [-0.25, -0.2) is 4.79 Å². The Bertz CT molecular complexity index is 544. The van der Waals surface area contributed by atoms with E-state index in [1.807, 2.05) is 0 Å². The molecular weight excluding hydrogens is 222 g/mol. The molecule has 0 unspecified atom stereocenters. The topological polar surface area (TPSA) is 68.5 Å². The molecule has 0 atom stereocenters. The maximum atomic E-state index is 11.5. The van der Waals surface area contributed by atoms with Gasteiger partial charge < -0.3 is 9.15 Å². The normalized spacial score (nSPS) is 10.2. The number of anilines is 1. The van der Waals surface area contributed by atoms with Crippen molar-refractivity contribution in [2.45, 2.75) is 6.92 Å². The van der Waals surface area contributed by atoms with Crippen LogP contribution in [0.4, 0.5) is 5.88 Å². The van der Waals surface area contributed by atoms with Crippen molar-refractivity contribution in [3.8, 4) is 11.1 Å². The second-order valence-corrected chi connectivity index (χ2v) is 3.50. The third-order valence-corrected chi connectivity index (χ3v) is 2.34. The Hall–Kier alpha value is -2.30. The van der Waals surface area contributed by atoms with Gasteiger partial charge in [0.2, 0.25) is 11.8 Å². The number of carbonyl (C=O) groups excluding carboxylic acids is 2. The molecule has 5 nitrogen and oxygen atoms in total. The van der Waals surface area contributed by atoms with E-state index in [0.717, 1.165) is 0 Å². The second-order valence-electron chi connectivity index (χ2n) is 3.50. The summed E-state index contributed by atoms with van der Waals surface area (Å²) in [5.74, 6) is -0.383. The lowest BCUT2D eigenvalue weighted by atomic mass is 10.1. The summed E-state index contributed by atoms with van der Waals surface area (Å²) in [7, 11) is 1.30. The van der Waals surface area contributed by atoms with Crippen LogP contribution in [0.1, 0.15) is 17.3 Å². The van der Waals surface area contributed by atoms with Crippen LogP contribution in [0.3, 0.4) is 0 Å². The standard InChI is InChI=1S/C12H11NO4/c1-7(14)13-11-9-5-3-4-8(9)10(6-17-11)12(15)16-2/h3-6H,1-2H3,(H,13,14). The lowest BCUT2D eigenvalue weighted by molar-refractivity contribution is -0.114. The quantitative estimate of drug-likeness (QED) is 0.807. The summed E-state index contributed by atoms with van der Waals surface area (Å²) in [6.45, 7) is 1.39. The molecule has 1 heterocycles. The number of ether oxygens (including phenoxy) is 1. The molecule has 0 aromatic carbocycles. The molecule has 0 spiro atoms. The SMILES string of the molecule is COC(=O)c1coc(NC(C)=O)c2cccc1-2. The number of rotatable bonds is 2. The number of fused-ring (bicyclic) bond motifs is 1. The van der Waals surface area contributed by atoms with Gasteiger partial charge in [-0.3, -0.25) is 10.1 Å². The summed E-state index contributed by atoms with van der Waals surface area (Å²) in [4.78, 5) is 22.5. The minimum atomic E-state index is -0.473. The van der Waals surface area contributed by atoms with Crippen LogP contribution in [0.25, 0.3) is 11.1 Å². The molecule has 2 rings (SSSR count). The average molecular weight is 233 g/mol. The number of methoxy groups -OCH3 is 1. The van der Waals surface area contributed by atoms with E-state index in [1.54, 1.807) is 18.2 Å². The zero-order chi connectivity index (χ0) is 12.4. The lowest BCUT2D eigenvalue weighted by Crippen LogP contribution is -2.09. The van der Waals surface area contributed by atoms with Crippen molar-refractivity contribution >= 4 is 17.8 Å². The van der Waals surface area contributed by atoms with Crippen LogP contribution < -0.4 is 5.32 Å². The monoisotopic (exact) mass is 233 g/mol. The number of esters is 1. The van der Waals surface area contributed by atoms with Crippen molar-refractivity contribution in [2.24, 2.45) is 0 Å². The molecular formula is C12H11NO4. The summed E-state index contributed by atoms with van der Waals surface area (Å²) in [6.07, 6.45) is 1.28. The minimum absolute atomic E-state index is 0.234. The van der Waals surface area contributed by atoms with Gasteiger partial charge in [-0.15, -0.1) is 0 Å². The Labute approximate surface area is 97.7 Å². The largest absolute Gasteiger partial charge is 0.465 e. The first kappa shape index (κ1) is 11.2. The Morgan fingerprint density at radius 3 is 2.65 bits per heavy atom. The van der Waals surface area contributed by atoms with Crippen molar-refractivity contribution in [1.82, 2.24) is 0 Å². The molecule has 0 aromatic heterocycles. The Morgan fingerprint density at radius 2 is 2.00 bits per heavy atom. The van der Waals surface area contributed by atoms with E-state index < -0.39 is 5.97 Å². The molecule has 0 saturated carbocycles. The van der Waals surface area contributed by atoms with E-state index in [9.17, 15) is 9.59 Å². The molecule has 5 heteroatoms. The van der Waals surface area contributed by atoms with Gasteiger partial charge in [0.15, 0.2) is 0 Å². The highest BCUT2D eigenvalue weighted by Gasteiger charge is 2.20. The maximum Gasteiger partial charge on any atom is 0.341 e. The molecule has 0 aromatic rings. The van der Waals surface area contributed by atoms with E-state index in [4.69, 9.17) is 4.42 Å². The van der Waals surface area contributed by atoms with Gasteiger partial charge in [-0.1, -0.05) is 12.1 Å². The van der Waals surface area contributed by atoms with Gasteiger partial charge in [0.25, 0.3) is 0 Å². The predicted octanol–water partition coefficient (Wildman–Crippen LogP) is 2.13. The minimum Gasteiger partial charge on any atom is -0.465 e. The number of carbonyl (C=O) groups is 2. The summed E-state index contributed by atoms with van der Waals surface area (Å²) in [5.41, 5.74) is 1.69. The zero-order valence-electron chi connectivity index (χ0n) is 9.44. The van der Waals surface area contributed by atoms with E-state index in [-0.39, 0.29) is 5.91 Å². The van der Waals surface area contributed by atoms with Gasteiger partial charge in [-0.05, 0) is 6.07 Å². The molecule has 0 fully saturated rings. The molecule has 17 heavy (non-hydrogen) atoms. The van der Waals surface area contributed by atoms with E-state index in [0.29, 0.717) is 22.6 Å². The highest BCUT2D eigenvalue weighted by molar-refractivity contribution is 6.01. The van der Waals surface area contributed by atoms with Crippen LogP contribution in [-0.4, -0.2) is 19.0 Å². The van der Waals surface area contributed by atoms with E-state index in [1.165, 1.54) is 20.3 Å². The first-order chi connectivity index (χ1) is 8.13. The Kier molecular flexibility index (Phi) is 2.82. The number of nitrogens with one attached hydrogen (secondary N) is 1. The first-order valence-electron chi connectivity index (χ1n) is 4.99. The van der Waals surface area contributed by atoms with Crippen molar-refractivity contribution in [3.63, 3.8) is 0 Å². The number of hydrogen-bond donors (Lipinski definition) is 1. The summed E-state index contributed by atoms with van der Waals surface area (Å²) in [5, 5.41) is 2.56. The van der Waals surface area contributed by atoms with Crippen LogP contribution in [-0.2, 0) is 9.53 Å². The van der Waals surface area contributed by atoms with Crippen molar-refractivity contribution < 1.29 is 18.7 Å². The number of amides is 1. The summed E-state index contributed by atoms with van der Waals surface area (Å²) < 4.78 is 9.88. The molecule has 1 N–H and O–H groups in total. The molecule has 1 aliphatic heterocycles. The molecule has 0 bridgehead atoms. The molecule has 0 saturated heterocycles. The predicted molar refractivity (Wildman–Crippen MR) is 61.0 cm³/mol. The average Bonchev–Trinajstić information content (AvgIpc) is 2.77. The smallest absolute Gasteiger partial charge is 0.341 e. The van der Waals surface area contributed by atoms with Gasteiger partial charge >= 0.3 is 5.97 Å². The van der Waals surface area contributed by atoms with Gasteiger partial charge in [0.1, 0.15) is 11.8 Å². The highest BCUT2D eigenvalue weighted by Crippen LogP contribution is 2.34. The molecule has 2 aliphatic rings. The fourth-order valence-electron chi connectivity index (χ4n) is 1.62. The summed E-state index contributed by atoms with van der Waals surface area (Å²) >= 11 is 0. The van der Waals surface area contributed by atoms with Gasteiger partial charge in [-0.2, -0.15) is 0 Å². The van der Waals surface area contributed by atoms with Crippen LogP contribution >= 0.6 is 0 Å². The number of hydrogen-bond acceptors (Lipinski definition) is 4. The first-order valence-corrected chi connectivity index (χ1v) is 4.99. The highest BCUT2D eigenvalue weighted by atomic mass is 16.5. The third kappa shape index (κ3) is 1.99.